The predicted octanol–water partition coefficient (Wildman–Crippen LogP) is 0.966. The summed E-state index contributed by atoms with van der Waals surface area (Å²) in [5.41, 5.74) is 1.27. The van der Waals surface area contributed by atoms with E-state index in [-0.39, 0.29) is 18.6 Å². The summed E-state index contributed by atoms with van der Waals surface area (Å²) in [7, 11) is 1.66. The van der Waals surface area contributed by atoms with Gasteiger partial charge in [0.1, 0.15) is 5.69 Å². The van der Waals surface area contributed by atoms with Gasteiger partial charge < -0.3 is 15.3 Å². The van der Waals surface area contributed by atoms with E-state index in [1.165, 1.54) is 4.90 Å². The van der Waals surface area contributed by atoms with Gasteiger partial charge in [-0.3, -0.25) is 4.79 Å². The molecule has 1 aromatic heterocycles. The minimum absolute atomic E-state index is 0.0578. The third kappa shape index (κ3) is 3.42. The van der Waals surface area contributed by atoms with Gasteiger partial charge in [-0.2, -0.15) is 0 Å². The van der Waals surface area contributed by atoms with Crippen molar-refractivity contribution in [2.75, 3.05) is 25.5 Å². The number of pyridine rings is 1. The van der Waals surface area contributed by atoms with Crippen LogP contribution in [0.4, 0.5) is 5.69 Å². The van der Waals surface area contributed by atoms with E-state index in [0.717, 1.165) is 12.2 Å². The zero-order valence-electron chi connectivity index (χ0n) is 10.5. The minimum Gasteiger partial charge on any atom is -0.394 e. The minimum atomic E-state index is -0.210. The van der Waals surface area contributed by atoms with Crippen LogP contribution < -0.4 is 5.32 Å². The monoisotopic (exact) mass is 237 g/mol. The van der Waals surface area contributed by atoms with Crippen LogP contribution >= 0.6 is 0 Å². The number of anilines is 1. The first-order chi connectivity index (χ1) is 8.10. The average molecular weight is 237 g/mol. The number of nitrogens with one attached hydrogen (secondary N) is 1. The van der Waals surface area contributed by atoms with Gasteiger partial charge in [0, 0.05) is 13.6 Å². The first-order valence-corrected chi connectivity index (χ1v) is 5.68. The number of rotatable bonds is 5. The van der Waals surface area contributed by atoms with Crippen molar-refractivity contribution in [2.45, 2.75) is 19.9 Å². The molecule has 1 atom stereocenters. The second kappa shape index (κ2) is 6.20. The first-order valence-electron chi connectivity index (χ1n) is 5.68. The highest BCUT2D eigenvalue weighted by Gasteiger charge is 2.17. The van der Waals surface area contributed by atoms with E-state index in [1.807, 2.05) is 13.0 Å². The fourth-order valence-corrected chi connectivity index (χ4v) is 1.33. The Labute approximate surface area is 101 Å². The number of amides is 1. The van der Waals surface area contributed by atoms with Crippen molar-refractivity contribution in [1.82, 2.24) is 9.88 Å². The summed E-state index contributed by atoms with van der Waals surface area (Å²) >= 11 is 0. The number of aromatic nitrogens is 1. The SMILES string of the molecule is CCNc1ccc(C(=O)N(C)C(C)CO)nc1. The lowest BCUT2D eigenvalue weighted by Crippen LogP contribution is -2.37. The smallest absolute Gasteiger partial charge is 0.272 e. The molecule has 94 valence electrons. The Morgan fingerprint density at radius 2 is 2.29 bits per heavy atom. The summed E-state index contributed by atoms with van der Waals surface area (Å²) in [5, 5.41) is 12.1. The molecule has 0 bridgehead atoms. The summed E-state index contributed by atoms with van der Waals surface area (Å²) in [5.74, 6) is -0.186. The van der Waals surface area contributed by atoms with E-state index in [2.05, 4.69) is 10.3 Å². The van der Waals surface area contributed by atoms with Crippen LogP contribution in [0.15, 0.2) is 18.3 Å². The number of carbonyl (C=O) groups is 1. The second-order valence-electron chi connectivity index (χ2n) is 3.91. The van der Waals surface area contributed by atoms with E-state index < -0.39 is 0 Å². The van der Waals surface area contributed by atoms with Crippen molar-refractivity contribution in [3.8, 4) is 0 Å². The van der Waals surface area contributed by atoms with Crippen LogP contribution in [0.5, 0.6) is 0 Å². The normalized spacial score (nSPS) is 12.0. The molecule has 0 aliphatic heterocycles. The van der Waals surface area contributed by atoms with Gasteiger partial charge in [0.15, 0.2) is 0 Å². The molecule has 0 spiro atoms. The van der Waals surface area contributed by atoms with Crippen LogP contribution in [0, 0.1) is 0 Å². The zero-order chi connectivity index (χ0) is 12.8. The molecule has 5 nitrogen and oxygen atoms in total. The molecular weight excluding hydrogens is 218 g/mol. The average Bonchev–Trinajstić information content (AvgIpc) is 2.37. The Hall–Kier alpha value is -1.62. The van der Waals surface area contributed by atoms with Gasteiger partial charge >= 0.3 is 0 Å². The lowest BCUT2D eigenvalue weighted by atomic mass is 10.2. The van der Waals surface area contributed by atoms with Crippen LogP contribution in [0.25, 0.3) is 0 Å². The van der Waals surface area contributed by atoms with E-state index in [4.69, 9.17) is 5.11 Å². The number of aliphatic hydroxyl groups is 1. The summed E-state index contributed by atoms with van der Waals surface area (Å²) in [4.78, 5) is 17.5. The number of aliphatic hydroxyl groups excluding tert-OH is 1. The van der Waals surface area contributed by atoms with Crippen LogP contribution in [0.2, 0.25) is 0 Å². The lowest BCUT2D eigenvalue weighted by molar-refractivity contribution is 0.0676. The van der Waals surface area contributed by atoms with Crippen LogP contribution in [0.3, 0.4) is 0 Å². The number of carbonyl (C=O) groups excluding carboxylic acids is 1. The first kappa shape index (κ1) is 13.4. The van der Waals surface area contributed by atoms with E-state index in [9.17, 15) is 4.79 Å². The topological polar surface area (TPSA) is 65.5 Å². The van der Waals surface area contributed by atoms with E-state index in [0.29, 0.717) is 5.69 Å². The summed E-state index contributed by atoms with van der Waals surface area (Å²) in [6.45, 7) is 4.54. The van der Waals surface area contributed by atoms with Gasteiger partial charge in [0.2, 0.25) is 0 Å². The molecule has 0 fully saturated rings. The molecule has 5 heteroatoms. The van der Waals surface area contributed by atoms with E-state index in [1.54, 1.807) is 26.2 Å². The number of likely N-dealkylation sites (N-methyl/N-ethyl adjacent to an activating group) is 1. The number of nitrogens with zero attached hydrogens (tertiary/aromatic N) is 2. The Balaban J connectivity index is 2.75. The van der Waals surface area contributed by atoms with Gasteiger partial charge in [-0.1, -0.05) is 0 Å². The zero-order valence-corrected chi connectivity index (χ0v) is 10.5. The quantitative estimate of drug-likeness (QED) is 0.800. The molecule has 1 aromatic rings. The molecule has 0 saturated carbocycles. The highest BCUT2D eigenvalue weighted by molar-refractivity contribution is 5.92. The molecule has 0 aliphatic rings. The summed E-state index contributed by atoms with van der Waals surface area (Å²) in [6, 6.07) is 3.29. The molecule has 1 unspecified atom stereocenters. The van der Waals surface area contributed by atoms with Crippen molar-refractivity contribution in [3.05, 3.63) is 24.0 Å². The van der Waals surface area contributed by atoms with Gasteiger partial charge in [-0.25, -0.2) is 4.98 Å². The highest BCUT2D eigenvalue weighted by atomic mass is 16.3. The summed E-state index contributed by atoms with van der Waals surface area (Å²) < 4.78 is 0. The van der Waals surface area contributed by atoms with Gasteiger partial charge in [0.25, 0.3) is 5.91 Å². The van der Waals surface area contributed by atoms with Crippen molar-refractivity contribution >= 4 is 11.6 Å². The fourth-order valence-electron chi connectivity index (χ4n) is 1.33. The molecule has 17 heavy (non-hydrogen) atoms. The highest BCUT2D eigenvalue weighted by Crippen LogP contribution is 2.08. The van der Waals surface area contributed by atoms with Crippen LogP contribution in [-0.4, -0.2) is 47.1 Å². The molecule has 1 heterocycles. The van der Waals surface area contributed by atoms with Gasteiger partial charge in [-0.05, 0) is 26.0 Å². The maximum Gasteiger partial charge on any atom is 0.272 e. The fraction of sp³-hybridized carbons (Fsp3) is 0.500. The molecule has 0 radical (unpaired) electrons. The van der Waals surface area contributed by atoms with Crippen molar-refractivity contribution in [1.29, 1.82) is 0 Å². The largest absolute Gasteiger partial charge is 0.394 e. The predicted molar refractivity (Wildman–Crippen MR) is 67.0 cm³/mol. The third-order valence-electron chi connectivity index (χ3n) is 2.61. The van der Waals surface area contributed by atoms with Gasteiger partial charge in [-0.15, -0.1) is 0 Å². The number of hydrogen-bond acceptors (Lipinski definition) is 4. The molecule has 0 aromatic carbocycles. The second-order valence-corrected chi connectivity index (χ2v) is 3.91. The summed E-state index contributed by atoms with van der Waals surface area (Å²) in [6.07, 6.45) is 1.63. The van der Waals surface area contributed by atoms with E-state index >= 15 is 0 Å². The standard InChI is InChI=1S/C12H19N3O2/c1-4-13-10-5-6-11(14-7-10)12(17)15(3)9(2)8-16/h5-7,9,13,16H,4,8H2,1-3H3. The number of hydrogen-bond donors (Lipinski definition) is 2. The molecule has 2 N–H and O–H groups in total. The lowest BCUT2D eigenvalue weighted by Gasteiger charge is -2.22. The third-order valence-corrected chi connectivity index (χ3v) is 2.61. The Kier molecular flexibility index (Phi) is 4.90. The Morgan fingerprint density at radius 3 is 2.76 bits per heavy atom. The Bertz CT molecular complexity index is 365. The van der Waals surface area contributed by atoms with Crippen molar-refractivity contribution in [3.63, 3.8) is 0 Å². The molecular formula is C12H19N3O2. The van der Waals surface area contributed by atoms with Crippen LogP contribution in [-0.2, 0) is 0 Å². The van der Waals surface area contributed by atoms with Gasteiger partial charge in [0.05, 0.1) is 24.5 Å². The van der Waals surface area contributed by atoms with Crippen molar-refractivity contribution in [2.24, 2.45) is 0 Å². The maximum atomic E-state index is 11.9. The Morgan fingerprint density at radius 1 is 1.59 bits per heavy atom. The van der Waals surface area contributed by atoms with Crippen LogP contribution in [0.1, 0.15) is 24.3 Å². The molecule has 0 saturated heterocycles. The molecule has 0 aliphatic carbocycles. The van der Waals surface area contributed by atoms with Crippen molar-refractivity contribution < 1.29 is 9.90 Å². The molecule has 1 amide bonds. The molecule has 1 rings (SSSR count). The maximum absolute atomic E-state index is 11.9.